The molecule has 0 aliphatic heterocycles. The molecule has 0 aromatic carbocycles. The Balaban J connectivity index is 4.03. The van der Waals surface area contributed by atoms with Gasteiger partial charge in [-0.15, -0.1) is 0 Å². The second-order valence-electron chi connectivity index (χ2n) is 9.30. The Hall–Kier alpha value is -1.24. The maximum Gasteiger partial charge on any atom is 0.312 e. The molecule has 0 N–H and O–H groups in total. The SMILES string of the molecule is CCCCC(CC)COC(=O)C(C)(C)CSCCC(=O)OCCOC(=O)C(C)(C)CC. The molecule has 0 amide bonds. The van der Waals surface area contributed by atoms with Gasteiger partial charge in [0.15, 0.2) is 0 Å². The van der Waals surface area contributed by atoms with Gasteiger partial charge in [0.05, 0.1) is 23.9 Å². The summed E-state index contributed by atoms with van der Waals surface area (Å²) in [6, 6.07) is 0. The number of carbonyl (C=O) groups excluding carboxylic acids is 3. The van der Waals surface area contributed by atoms with Crippen molar-refractivity contribution in [3.63, 3.8) is 0 Å². The van der Waals surface area contributed by atoms with Crippen LogP contribution in [0.5, 0.6) is 0 Å². The molecule has 0 aliphatic carbocycles. The monoisotopic (exact) mass is 460 g/mol. The molecular formula is C24H44O6S. The average Bonchev–Trinajstić information content (AvgIpc) is 2.73. The lowest BCUT2D eigenvalue weighted by atomic mass is 9.91. The predicted molar refractivity (Wildman–Crippen MR) is 126 cm³/mol. The van der Waals surface area contributed by atoms with Gasteiger partial charge in [-0.2, -0.15) is 11.8 Å². The third-order valence-electron chi connectivity index (χ3n) is 5.48. The smallest absolute Gasteiger partial charge is 0.312 e. The summed E-state index contributed by atoms with van der Waals surface area (Å²) in [5, 5.41) is 0. The molecule has 0 bridgehead atoms. The molecule has 31 heavy (non-hydrogen) atoms. The van der Waals surface area contributed by atoms with Crippen molar-refractivity contribution >= 4 is 29.7 Å². The van der Waals surface area contributed by atoms with E-state index >= 15 is 0 Å². The van der Waals surface area contributed by atoms with Crippen LogP contribution >= 0.6 is 11.8 Å². The molecule has 0 saturated carbocycles. The lowest BCUT2D eigenvalue weighted by Gasteiger charge is -2.24. The van der Waals surface area contributed by atoms with E-state index in [9.17, 15) is 14.4 Å². The van der Waals surface area contributed by atoms with E-state index in [-0.39, 0.29) is 37.5 Å². The summed E-state index contributed by atoms with van der Waals surface area (Å²) < 4.78 is 15.8. The molecular weight excluding hydrogens is 416 g/mol. The largest absolute Gasteiger partial charge is 0.465 e. The van der Waals surface area contributed by atoms with Crippen molar-refractivity contribution in [1.82, 2.24) is 0 Å². The number of carbonyl (C=O) groups is 3. The van der Waals surface area contributed by atoms with Crippen molar-refractivity contribution in [3.8, 4) is 0 Å². The molecule has 0 aromatic rings. The zero-order valence-corrected chi connectivity index (χ0v) is 21.5. The van der Waals surface area contributed by atoms with Gasteiger partial charge >= 0.3 is 17.9 Å². The van der Waals surface area contributed by atoms with Gasteiger partial charge in [-0.3, -0.25) is 14.4 Å². The Labute approximate surface area is 193 Å². The Kier molecular flexibility index (Phi) is 14.9. The summed E-state index contributed by atoms with van der Waals surface area (Å²) in [5.74, 6) is 0.761. The third-order valence-corrected chi connectivity index (χ3v) is 6.89. The van der Waals surface area contributed by atoms with Gasteiger partial charge in [0, 0.05) is 11.5 Å². The van der Waals surface area contributed by atoms with Crippen LogP contribution in [-0.2, 0) is 28.6 Å². The summed E-state index contributed by atoms with van der Waals surface area (Å²) in [6.07, 6.45) is 5.35. The van der Waals surface area contributed by atoms with Crippen molar-refractivity contribution in [2.24, 2.45) is 16.7 Å². The van der Waals surface area contributed by atoms with Crippen LogP contribution in [0.1, 0.15) is 87.0 Å². The molecule has 0 radical (unpaired) electrons. The van der Waals surface area contributed by atoms with E-state index < -0.39 is 10.8 Å². The first-order valence-electron chi connectivity index (χ1n) is 11.6. The molecule has 1 unspecified atom stereocenters. The molecule has 0 spiro atoms. The highest BCUT2D eigenvalue weighted by Crippen LogP contribution is 2.25. The van der Waals surface area contributed by atoms with Crippen molar-refractivity contribution in [2.45, 2.75) is 87.0 Å². The standard InChI is InChI=1S/C24H44O6S/c1-8-11-12-19(9-2)17-30-22(27)24(6,7)18-31-16-13-20(25)28-14-15-29-21(26)23(4,5)10-3/h19H,8-18H2,1-7H3. The van der Waals surface area contributed by atoms with Gasteiger partial charge in [-0.1, -0.05) is 40.0 Å². The van der Waals surface area contributed by atoms with E-state index in [1.54, 1.807) is 0 Å². The molecule has 0 rings (SSSR count). The summed E-state index contributed by atoms with van der Waals surface area (Å²) >= 11 is 1.53. The van der Waals surface area contributed by atoms with E-state index in [4.69, 9.17) is 14.2 Å². The van der Waals surface area contributed by atoms with Crippen LogP contribution in [0.15, 0.2) is 0 Å². The van der Waals surface area contributed by atoms with Gasteiger partial charge in [-0.05, 0) is 46.5 Å². The number of hydrogen-bond donors (Lipinski definition) is 0. The molecule has 1 atom stereocenters. The molecule has 0 saturated heterocycles. The van der Waals surface area contributed by atoms with Crippen LogP contribution < -0.4 is 0 Å². The molecule has 182 valence electrons. The van der Waals surface area contributed by atoms with E-state index in [1.807, 2.05) is 34.6 Å². The van der Waals surface area contributed by atoms with Gasteiger partial charge < -0.3 is 14.2 Å². The second-order valence-corrected chi connectivity index (χ2v) is 10.4. The lowest BCUT2D eigenvalue weighted by Crippen LogP contribution is -2.31. The molecule has 0 heterocycles. The van der Waals surface area contributed by atoms with Crippen LogP contribution in [0, 0.1) is 16.7 Å². The Bertz CT molecular complexity index is 544. The minimum absolute atomic E-state index is 0.0590. The van der Waals surface area contributed by atoms with Crippen molar-refractivity contribution < 1.29 is 28.6 Å². The van der Waals surface area contributed by atoms with Crippen LogP contribution in [0.4, 0.5) is 0 Å². The van der Waals surface area contributed by atoms with Gasteiger partial charge in [0.25, 0.3) is 0 Å². The highest BCUT2D eigenvalue weighted by atomic mass is 32.2. The molecule has 0 aliphatic rings. The molecule has 6 nitrogen and oxygen atoms in total. The van der Waals surface area contributed by atoms with Crippen LogP contribution in [0.25, 0.3) is 0 Å². The molecule has 0 fully saturated rings. The van der Waals surface area contributed by atoms with Crippen LogP contribution in [-0.4, -0.2) is 49.2 Å². The maximum atomic E-state index is 12.4. The second kappa shape index (κ2) is 15.5. The Morgan fingerprint density at radius 3 is 2.06 bits per heavy atom. The molecule has 7 heteroatoms. The minimum Gasteiger partial charge on any atom is -0.465 e. The fourth-order valence-corrected chi connectivity index (χ4v) is 3.61. The lowest BCUT2D eigenvalue weighted by molar-refractivity contribution is -0.159. The first-order valence-corrected chi connectivity index (χ1v) is 12.7. The topological polar surface area (TPSA) is 78.9 Å². The van der Waals surface area contributed by atoms with Crippen molar-refractivity contribution in [3.05, 3.63) is 0 Å². The maximum absolute atomic E-state index is 12.4. The van der Waals surface area contributed by atoms with Crippen LogP contribution in [0.3, 0.4) is 0 Å². The Morgan fingerprint density at radius 2 is 1.48 bits per heavy atom. The summed E-state index contributed by atoms with van der Waals surface area (Å²) in [5.41, 5.74) is -1.13. The number of hydrogen-bond acceptors (Lipinski definition) is 7. The zero-order valence-electron chi connectivity index (χ0n) is 20.7. The fourth-order valence-electron chi connectivity index (χ4n) is 2.53. The average molecular weight is 461 g/mol. The van der Waals surface area contributed by atoms with E-state index in [0.29, 0.717) is 30.5 Å². The summed E-state index contributed by atoms with van der Waals surface area (Å²) in [4.78, 5) is 36.1. The van der Waals surface area contributed by atoms with Crippen molar-refractivity contribution in [1.29, 1.82) is 0 Å². The first-order chi connectivity index (χ1) is 14.5. The number of ether oxygens (including phenoxy) is 3. The van der Waals surface area contributed by atoms with Crippen LogP contribution in [0.2, 0.25) is 0 Å². The van der Waals surface area contributed by atoms with Gasteiger partial charge in [-0.25, -0.2) is 0 Å². The number of thioether (sulfide) groups is 1. The predicted octanol–water partition coefficient (Wildman–Crippen LogP) is 5.42. The number of rotatable bonds is 17. The van der Waals surface area contributed by atoms with E-state index in [0.717, 1.165) is 25.7 Å². The number of esters is 3. The van der Waals surface area contributed by atoms with E-state index in [1.165, 1.54) is 11.8 Å². The van der Waals surface area contributed by atoms with Crippen molar-refractivity contribution in [2.75, 3.05) is 31.3 Å². The first kappa shape index (κ1) is 29.8. The number of unbranched alkanes of at least 4 members (excludes halogenated alkanes) is 1. The Morgan fingerprint density at radius 1 is 0.871 bits per heavy atom. The summed E-state index contributed by atoms with van der Waals surface area (Å²) in [6.45, 7) is 14.2. The fraction of sp³-hybridized carbons (Fsp3) is 0.875. The quantitative estimate of drug-likeness (QED) is 0.163. The minimum atomic E-state index is -0.599. The van der Waals surface area contributed by atoms with Gasteiger partial charge in [0.2, 0.25) is 0 Å². The summed E-state index contributed by atoms with van der Waals surface area (Å²) in [7, 11) is 0. The third kappa shape index (κ3) is 13.0. The highest BCUT2D eigenvalue weighted by molar-refractivity contribution is 7.99. The normalized spacial score (nSPS) is 12.9. The van der Waals surface area contributed by atoms with Gasteiger partial charge in [0.1, 0.15) is 13.2 Å². The van der Waals surface area contributed by atoms with E-state index in [2.05, 4.69) is 13.8 Å². The molecule has 0 aromatic heterocycles. The highest BCUT2D eigenvalue weighted by Gasteiger charge is 2.30. The zero-order chi connectivity index (χ0) is 23.9.